The molecule has 1 N–H and O–H groups in total. The number of carbonyl (C=O) groups is 1. The largest absolute Gasteiger partial charge is 0.326 e. The number of hydrogen-bond acceptors (Lipinski definition) is 5. The molecular weight excluding hydrogens is 441 g/mol. The molecule has 1 saturated heterocycles. The molecule has 0 saturated carbocycles. The van der Waals surface area contributed by atoms with Gasteiger partial charge in [0, 0.05) is 31.2 Å². The van der Waals surface area contributed by atoms with Crippen LogP contribution in [0.25, 0.3) is 10.2 Å². The maximum absolute atomic E-state index is 13.1. The summed E-state index contributed by atoms with van der Waals surface area (Å²) in [7, 11) is -3.72. The number of rotatable bonds is 5. The molecule has 1 fully saturated rings. The van der Waals surface area contributed by atoms with Crippen molar-refractivity contribution >= 4 is 43.2 Å². The van der Waals surface area contributed by atoms with Gasteiger partial charge in [-0.2, -0.15) is 4.31 Å². The summed E-state index contributed by atoms with van der Waals surface area (Å²) >= 11 is 1.03. The van der Waals surface area contributed by atoms with Crippen LogP contribution < -0.4 is 10.2 Å². The van der Waals surface area contributed by atoms with Crippen LogP contribution >= 0.6 is 11.3 Å². The number of nitrogens with one attached hydrogen (secondary N) is 1. The maximum atomic E-state index is 13.1. The Hall–Kier alpha value is -2.56. The first-order valence-electron chi connectivity index (χ1n) is 9.99. The van der Waals surface area contributed by atoms with E-state index in [4.69, 9.17) is 0 Å². The summed E-state index contributed by atoms with van der Waals surface area (Å²) in [6, 6.07) is 10.3. The van der Waals surface area contributed by atoms with Crippen molar-refractivity contribution in [1.29, 1.82) is 0 Å². The number of nitrogens with zero attached hydrogens (tertiary/aromatic N) is 2. The fourth-order valence-corrected chi connectivity index (χ4v) is 6.36. The van der Waals surface area contributed by atoms with Gasteiger partial charge in [-0.1, -0.05) is 11.3 Å². The Balaban J connectivity index is 1.45. The smallest absolute Gasteiger partial charge is 0.308 e. The number of hydrogen-bond donors (Lipinski definition) is 1. The third-order valence-corrected chi connectivity index (χ3v) is 8.37. The summed E-state index contributed by atoms with van der Waals surface area (Å²) < 4.78 is 42.8. The molecule has 1 aliphatic heterocycles. The summed E-state index contributed by atoms with van der Waals surface area (Å²) in [6.07, 6.45) is 0.794. The van der Waals surface area contributed by atoms with Crippen LogP contribution in [0.2, 0.25) is 0 Å². The van der Waals surface area contributed by atoms with Crippen LogP contribution in [0.5, 0.6) is 0 Å². The average Bonchev–Trinajstić information content (AvgIpc) is 3.09. The second-order valence-electron chi connectivity index (χ2n) is 7.42. The van der Waals surface area contributed by atoms with Gasteiger partial charge in [0.2, 0.25) is 15.9 Å². The molecule has 1 aliphatic rings. The highest BCUT2D eigenvalue weighted by Crippen LogP contribution is 2.28. The molecule has 0 bridgehead atoms. The van der Waals surface area contributed by atoms with Crippen LogP contribution in [0, 0.1) is 11.7 Å². The number of aromatic nitrogens is 1. The Morgan fingerprint density at radius 1 is 1.16 bits per heavy atom. The first-order chi connectivity index (χ1) is 14.8. The fraction of sp³-hybridized carbons (Fsp3) is 0.333. The number of halogens is 1. The van der Waals surface area contributed by atoms with E-state index in [1.165, 1.54) is 34.6 Å². The highest BCUT2D eigenvalue weighted by Gasteiger charge is 2.32. The number of sulfonamides is 1. The highest BCUT2D eigenvalue weighted by atomic mass is 32.2. The van der Waals surface area contributed by atoms with E-state index in [-0.39, 0.29) is 40.5 Å². The SMILES string of the molecule is CCn1c(=O)sc2cc(S(=O)(=O)N3CCC(C(=O)Nc4ccc(F)cc4)CC3)ccc21. The molecule has 10 heteroatoms. The van der Waals surface area contributed by atoms with E-state index in [0.29, 0.717) is 29.8 Å². The van der Waals surface area contributed by atoms with Gasteiger partial charge in [0.15, 0.2) is 0 Å². The van der Waals surface area contributed by atoms with Crippen LogP contribution in [0.1, 0.15) is 19.8 Å². The van der Waals surface area contributed by atoms with Gasteiger partial charge in [0.05, 0.1) is 15.1 Å². The molecule has 2 heterocycles. The topological polar surface area (TPSA) is 88.5 Å². The number of carbonyl (C=O) groups excluding carboxylic acids is 1. The number of amides is 1. The molecule has 1 aromatic heterocycles. The van der Waals surface area contributed by atoms with Gasteiger partial charge < -0.3 is 5.32 Å². The molecule has 1 amide bonds. The Morgan fingerprint density at radius 2 is 1.84 bits per heavy atom. The standard InChI is InChI=1S/C21H22FN3O4S2/c1-2-25-18-8-7-17(13-19(18)30-21(25)27)31(28,29)24-11-9-14(10-12-24)20(26)23-16-5-3-15(22)4-6-16/h3-8,13-14H,2,9-12H2,1H3,(H,23,26). The van der Waals surface area contributed by atoms with Crippen molar-refractivity contribution in [3.05, 3.63) is 57.9 Å². The molecule has 2 aromatic carbocycles. The van der Waals surface area contributed by atoms with Gasteiger partial charge >= 0.3 is 4.87 Å². The molecule has 0 radical (unpaired) electrons. The fourth-order valence-electron chi connectivity index (χ4n) is 3.79. The van der Waals surface area contributed by atoms with Crippen LogP contribution in [-0.4, -0.2) is 36.3 Å². The summed E-state index contributed by atoms with van der Waals surface area (Å²) in [6.45, 7) is 2.86. The number of piperidine rings is 1. The molecule has 0 aliphatic carbocycles. The second-order valence-corrected chi connectivity index (χ2v) is 10.3. The van der Waals surface area contributed by atoms with Crippen LogP contribution in [0.15, 0.2) is 52.2 Å². The molecule has 0 unspecified atom stereocenters. The normalized spacial score (nSPS) is 15.9. The summed E-state index contributed by atoms with van der Waals surface area (Å²) in [5.74, 6) is -0.896. The number of anilines is 1. The quantitative estimate of drug-likeness (QED) is 0.629. The van der Waals surface area contributed by atoms with Gasteiger partial charge in [-0.05, 0) is 62.2 Å². The lowest BCUT2D eigenvalue weighted by molar-refractivity contribution is -0.120. The van der Waals surface area contributed by atoms with Gasteiger partial charge in [0.25, 0.3) is 0 Å². The van der Waals surface area contributed by atoms with E-state index in [0.717, 1.165) is 16.9 Å². The number of thiazole rings is 1. The van der Waals surface area contributed by atoms with E-state index in [1.54, 1.807) is 16.7 Å². The predicted octanol–water partition coefficient (Wildman–Crippen LogP) is 3.26. The van der Waals surface area contributed by atoms with E-state index in [1.807, 2.05) is 6.92 Å². The van der Waals surface area contributed by atoms with Gasteiger partial charge in [-0.25, -0.2) is 12.8 Å². The number of benzene rings is 2. The maximum Gasteiger partial charge on any atom is 0.308 e. The van der Waals surface area contributed by atoms with Gasteiger partial charge in [-0.15, -0.1) is 0 Å². The van der Waals surface area contributed by atoms with Crippen LogP contribution in [-0.2, 0) is 21.4 Å². The molecule has 7 nitrogen and oxygen atoms in total. The zero-order valence-corrected chi connectivity index (χ0v) is 18.5. The summed E-state index contributed by atoms with van der Waals surface area (Å²) in [5, 5.41) is 2.75. The van der Waals surface area contributed by atoms with Crippen molar-refractivity contribution in [2.75, 3.05) is 18.4 Å². The number of fused-ring (bicyclic) bond motifs is 1. The molecule has 31 heavy (non-hydrogen) atoms. The van der Waals surface area contributed by atoms with Gasteiger partial charge in [0.1, 0.15) is 5.82 Å². The zero-order chi connectivity index (χ0) is 22.2. The van der Waals surface area contributed by atoms with E-state index >= 15 is 0 Å². The third kappa shape index (κ3) is 4.28. The molecule has 0 atom stereocenters. The van der Waals surface area contributed by atoms with E-state index in [9.17, 15) is 22.4 Å². The van der Waals surface area contributed by atoms with Crippen molar-refractivity contribution in [3.63, 3.8) is 0 Å². The van der Waals surface area contributed by atoms with E-state index < -0.39 is 10.0 Å². The van der Waals surface area contributed by atoms with Crippen molar-refractivity contribution in [2.24, 2.45) is 5.92 Å². The zero-order valence-electron chi connectivity index (χ0n) is 16.9. The summed E-state index contributed by atoms with van der Waals surface area (Å²) in [4.78, 5) is 24.6. The van der Waals surface area contributed by atoms with Crippen LogP contribution in [0.3, 0.4) is 0 Å². The lowest BCUT2D eigenvalue weighted by Gasteiger charge is -2.30. The third-order valence-electron chi connectivity index (χ3n) is 5.53. The highest BCUT2D eigenvalue weighted by molar-refractivity contribution is 7.89. The van der Waals surface area contributed by atoms with Crippen molar-refractivity contribution in [3.8, 4) is 0 Å². The van der Waals surface area contributed by atoms with Crippen molar-refractivity contribution in [1.82, 2.24) is 8.87 Å². The lowest BCUT2D eigenvalue weighted by Crippen LogP contribution is -2.41. The van der Waals surface area contributed by atoms with Crippen molar-refractivity contribution in [2.45, 2.75) is 31.2 Å². The second kappa shape index (κ2) is 8.52. The van der Waals surface area contributed by atoms with Crippen LogP contribution in [0.4, 0.5) is 10.1 Å². The molecule has 4 rings (SSSR count). The Labute approximate surface area is 183 Å². The predicted molar refractivity (Wildman–Crippen MR) is 118 cm³/mol. The van der Waals surface area contributed by atoms with Crippen molar-refractivity contribution < 1.29 is 17.6 Å². The average molecular weight is 464 g/mol. The molecule has 3 aromatic rings. The summed E-state index contributed by atoms with van der Waals surface area (Å²) in [5.41, 5.74) is 1.24. The Kier molecular flexibility index (Phi) is 5.96. The minimum atomic E-state index is -3.72. The monoisotopic (exact) mass is 463 g/mol. The van der Waals surface area contributed by atoms with E-state index in [2.05, 4.69) is 5.32 Å². The first kappa shape index (κ1) is 21.7. The Bertz CT molecular complexity index is 1270. The molecule has 0 spiro atoms. The number of aryl methyl sites for hydroxylation is 1. The van der Waals surface area contributed by atoms with Gasteiger partial charge in [-0.3, -0.25) is 14.2 Å². The lowest BCUT2D eigenvalue weighted by atomic mass is 9.97. The minimum absolute atomic E-state index is 0.111. The first-order valence-corrected chi connectivity index (χ1v) is 12.2. The minimum Gasteiger partial charge on any atom is -0.326 e. The molecular formula is C21H22FN3O4S2. The Morgan fingerprint density at radius 3 is 2.48 bits per heavy atom. The molecule has 164 valence electrons.